The molecule has 166 valence electrons. The minimum atomic E-state index is -3.33. The number of fused-ring (bicyclic) bond motifs is 3. The molecule has 0 saturated carbocycles. The molecule has 0 bridgehead atoms. The molecule has 0 radical (unpaired) electrons. The molecule has 0 aliphatic rings. The van der Waals surface area contributed by atoms with Crippen molar-refractivity contribution in [3.63, 3.8) is 0 Å². The van der Waals surface area contributed by atoms with Crippen LogP contribution in [0.1, 0.15) is 30.3 Å². The molecule has 1 amide bonds. The van der Waals surface area contributed by atoms with E-state index in [0.29, 0.717) is 24.2 Å². The summed E-state index contributed by atoms with van der Waals surface area (Å²) in [7, 11) is -3.33. The Bertz CT molecular complexity index is 1410. The van der Waals surface area contributed by atoms with Gasteiger partial charge in [0.05, 0.1) is 11.3 Å². The first-order valence-electron chi connectivity index (χ1n) is 10.4. The maximum Gasteiger partial charge on any atom is 0.232 e. The second kappa shape index (κ2) is 8.58. The van der Waals surface area contributed by atoms with Crippen LogP contribution in [0.15, 0.2) is 48.5 Å². The zero-order valence-electron chi connectivity index (χ0n) is 18.2. The van der Waals surface area contributed by atoms with Gasteiger partial charge < -0.3 is 5.32 Å². The second-order valence-corrected chi connectivity index (χ2v) is 9.66. The monoisotopic (exact) mass is 451 g/mol. The Balaban J connectivity index is 1.45. The zero-order valence-corrected chi connectivity index (χ0v) is 19.0. The third-order valence-electron chi connectivity index (χ3n) is 5.44. The summed E-state index contributed by atoms with van der Waals surface area (Å²) in [6.07, 6.45) is 0.830. The summed E-state index contributed by atoms with van der Waals surface area (Å²) in [6, 6.07) is 14.5. The van der Waals surface area contributed by atoms with Crippen LogP contribution < -0.4 is 10.0 Å². The van der Waals surface area contributed by atoms with Crippen molar-refractivity contribution in [2.24, 2.45) is 0 Å². The molecular weight excluding hydrogens is 426 g/mol. The van der Waals surface area contributed by atoms with Crippen molar-refractivity contribution < 1.29 is 13.2 Å². The zero-order chi connectivity index (χ0) is 22.9. The number of nitrogens with one attached hydrogen (secondary N) is 2. The number of sulfonamides is 1. The Hall–Kier alpha value is -3.46. The summed E-state index contributed by atoms with van der Waals surface area (Å²) in [4.78, 5) is 17.3. The molecule has 32 heavy (non-hydrogen) atoms. The van der Waals surface area contributed by atoms with Gasteiger partial charge in [-0.25, -0.2) is 17.9 Å². The van der Waals surface area contributed by atoms with Crippen LogP contribution in [0.5, 0.6) is 0 Å². The van der Waals surface area contributed by atoms with E-state index in [1.54, 1.807) is 31.2 Å². The number of amides is 1. The number of anilines is 2. The highest BCUT2D eigenvalue weighted by Crippen LogP contribution is 2.23. The van der Waals surface area contributed by atoms with Crippen molar-refractivity contribution >= 4 is 43.9 Å². The maximum atomic E-state index is 12.5. The summed E-state index contributed by atoms with van der Waals surface area (Å²) in [5.74, 6) is -0.129. The van der Waals surface area contributed by atoms with E-state index in [1.807, 2.05) is 42.6 Å². The van der Waals surface area contributed by atoms with Crippen LogP contribution in [-0.4, -0.2) is 34.7 Å². The van der Waals surface area contributed by atoms with E-state index >= 15 is 0 Å². The average Bonchev–Trinajstić information content (AvgIpc) is 3.14. The molecule has 2 aromatic carbocycles. The first-order chi connectivity index (χ1) is 15.3. The Morgan fingerprint density at radius 2 is 1.72 bits per heavy atom. The number of hydrogen-bond donors (Lipinski definition) is 2. The van der Waals surface area contributed by atoms with Crippen molar-refractivity contribution in [3.8, 4) is 0 Å². The molecule has 0 spiro atoms. The largest absolute Gasteiger partial charge is 0.326 e. The molecule has 8 nitrogen and oxygen atoms in total. The van der Waals surface area contributed by atoms with Gasteiger partial charge in [0.1, 0.15) is 0 Å². The van der Waals surface area contributed by atoms with Crippen molar-refractivity contribution in [3.05, 3.63) is 65.5 Å². The molecule has 0 atom stereocenters. The Labute approximate surface area is 186 Å². The molecule has 2 N–H and O–H groups in total. The van der Waals surface area contributed by atoms with Crippen molar-refractivity contribution in [2.45, 2.75) is 33.6 Å². The van der Waals surface area contributed by atoms with Gasteiger partial charge in [0, 0.05) is 34.6 Å². The number of aromatic nitrogens is 3. The number of carbonyl (C=O) groups excluding carboxylic acids is 1. The summed E-state index contributed by atoms with van der Waals surface area (Å²) in [6.45, 7) is 5.53. The fourth-order valence-electron chi connectivity index (χ4n) is 3.67. The van der Waals surface area contributed by atoms with Crippen LogP contribution in [0.3, 0.4) is 0 Å². The highest BCUT2D eigenvalue weighted by molar-refractivity contribution is 7.92. The van der Waals surface area contributed by atoms with E-state index in [2.05, 4.69) is 15.1 Å². The molecule has 0 unspecified atom stereocenters. The smallest absolute Gasteiger partial charge is 0.232 e. The van der Waals surface area contributed by atoms with Gasteiger partial charge >= 0.3 is 0 Å². The number of hydrogen-bond acceptors (Lipinski definition) is 5. The van der Waals surface area contributed by atoms with Crippen molar-refractivity contribution in [1.82, 2.24) is 14.6 Å². The third kappa shape index (κ3) is 4.43. The van der Waals surface area contributed by atoms with E-state index < -0.39 is 10.0 Å². The Kier molecular flexibility index (Phi) is 5.84. The van der Waals surface area contributed by atoms with Gasteiger partial charge in [0.25, 0.3) is 0 Å². The fraction of sp³-hybridized carbons (Fsp3) is 0.261. The molecule has 4 aromatic rings. The van der Waals surface area contributed by atoms with E-state index in [0.717, 1.165) is 33.5 Å². The molecule has 0 fully saturated rings. The van der Waals surface area contributed by atoms with E-state index in [9.17, 15) is 13.2 Å². The van der Waals surface area contributed by atoms with Gasteiger partial charge in [-0.2, -0.15) is 5.10 Å². The lowest BCUT2D eigenvalue weighted by Gasteiger charge is -2.12. The third-order valence-corrected chi connectivity index (χ3v) is 6.75. The van der Waals surface area contributed by atoms with Crippen LogP contribution in [-0.2, 0) is 21.2 Å². The maximum absolute atomic E-state index is 12.5. The average molecular weight is 452 g/mol. The normalized spacial score (nSPS) is 11.7. The number of aryl methyl sites for hydroxylation is 2. The quantitative estimate of drug-likeness (QED) is 0.444. The van der Waals surface area contributed by atoms with Gasteiger partial charge in [-0.3, -0.25) is 9.52 Å². The number of nitrogens with zero attached hydrogens (tertiary/aromatic N) is 3. The first kappa shape index (κ1) is 21.8. The number of benzene rings is 2. The van der Waals surface area contributed by atoms with Gasteiger partial charge in [-0.05, 0) is 69.2 Å². The number of carbonyl (C=O) groups is 1. The molecule has 0 saturated heterocycles. The van der Waals surface area contributed by atoms with Crippen LogP contribution in [0, 0.1) is 13.8 Å². The van der Waals surface area contributed by atoms with Crippen molar-refractivity contribution in [2.75, 3.05) is 15.8 Å². The van der Waals surface area contributed by atoms with Crippen molar-refractivity contribution in [1.29, 1.82) is 0 Å². The van der Waals surface area contributed by atoms with Gasteiger partial charge in [0.2, 0.25) is 15.9 Å². The number of rotatable bonds is 7. The minimum Gasteiger partial charge on any atom is -0.326 e. The summed E-state index contributed by atoms with van der Waals surface area (Å²) in [5.41, 5.74) is 5.65. The molecule has 0 aliphatic heterocycles. The minimum absolute atomic E-state index is 0.000470. The molecular formula is C23H25N5O3S. The lowest BCUT2D eigenvalue weighted by atomic mass is 10.1. The van der Waals surface area contributed by atoms with Crippen LogP contribution >= 0.6 is 0 Å². The molecule has 2 aromatic heterocycles. The second-order valence-electron chi connectivity index (χ2n) is 7.64. The van der Waals surface area contributed by atoms with Crippen LogP contribution in [0.4, 0.5) is 11.4 Å². The highest BCUT2D eigenvalue weighted by Gasteiger charge is 2.15. The van der Waals surface area contributed by atoms with Crippen LogP contribution in [0.25, 0.3) is 16.6 Å². The van der Waals surface area contributed by atoms with Gasteiger partial charge in [-0.1, -0.05) is 12.1 Å². The van der Waals surface area contributed by atoms with E-state index in [1.165, 1.54) is 0 Å². The van der Waals surface area contributed by atoms with Crippen LogP contribution in [0.2, 0.25) is 0 Å². The fourth-order valence-corrected chi connectivity index (χ4v) is 4.31. The summed E-state index contributed by atoms with van der Waals surface area (Å²) >= 11 is 0. The molecule has 9 heteroatoms. The van der Waals surface area contributed by atoms with Gasteiger partial charge in [0.15, 0.2) is 5.65 Å². The predicted octanol–water partition coefficient (Wildman–Crippen LogP) is 3.83. The lowest BCUT2D eigenvalue weighted by molar-refractivity contribution is -0.116. The lowest BCUT2D eigenvalue weighted by Crippen LogP contribution is -2.15. The predicted molar refractivity (Wildman–Crippen MR) is 126 cm³/mol. The molecule has 0 aliphatic carbocycles. The highest BCUT2D eigenvalue weighted by atomic mass is 32.2. The topological polar surface area (TPSA) is 105 Å². The summed E-state index contributed by atoms with van der Waals surface area (Å²) < 4.78 is 27.6. The van der Waals surface area contributed by atoms with E-state index in [-0.39, 0.29) is 11.7 Å². The SMILES string of the molecule is CCS(=O)(=O)Nc1ccc(NC(=O)CCc2c(C)nc3c4ccccc4nn3c2C)cc1. The molecule has 2 heterocycles. The molecule has 4 rings (SSSR count). The van der Waals surface area contributed by atoms with Gasteiger partial charge in [-0.15, -0.1) is 0 Å². The standard InChI is InChI=1S/C23H25N5O3S/c1-4-32(30,31)27-18-11-9-17(10-12-18)25-22(29)14-13-19-15(2)24-23-20-7-5-6-8-21(20)26-28(23)16(19)3/h5-12,27H,4,13-14H2,1-3H3,(H,25,29). The Morgan fingerprint density at radius 3 is 2.44 bits per heavy atom. The Morgan fingerprint density at radius 1 is 1.03 bits per heavy atom. The van der Waals surface area contributed by atoms with E-state index in [4.69, 9.17) is 4.98 Å². The summed E-state index contributed by atoms with van der Waals surface area (Å²) in [5, 5.41) is 8.52. The first-order valence-corrected chi connectivity index (χ1v) is 12.1.